The van der Waals surface area contributed by atoms with Gasteiger partial charge in [0.25, 0.3) is 0 Å². The van der Waals surface area contributed by atoms with Crippen LogP contribution in [0.4, 0.5) is 5.69 Å². The summed E-state index contributed by atoms with van der Waals surface area (Å²) in [7, 11) is 0. The lowest BCUT2D eigenvalue weighted by Crippen LogP contribution is -1.90. The first-order chi connectivity index (χ1) is 8.63. The van der Waals surface area contributed by atoms with Gasteiger partial charge < -0.3 is 15.8 Å². The number of halogens is 1. The molecule has 2 aromatic carbocycles. The van der Waals surface area contributed by atoms with Crippen LogP contribution in [0.2, 0.25) is 5.02 Å². The molecule has 4 nitrogen and oxygen atoms in total. The van der Waals surface area contributed by atoms with Gasteiger partial charge in [-0.05, 0) is 30.3 Å². The number of nitrogen functional groups attached to an aromatic ring is 1. The summed E-state index contributed by atoms with van der Waals surface area (Å²) in [5.74, 6) is 0.826. The summed E-state index contributed by atoms with van der Waals surface area (Å²) in [6.45, 7) is 0. The highest BCUT2D eigenvalue weighted by Gasteiger charge is 2.09. The molecular weight excluding hydrogens is 250 g/mol. The van der Waals surface area contributed by atoms with Crippen LogP contribution in [0.5, 0.6) is 5.75 Å². The smallest absolute Gasteiger partial charge is 0.140 e. The van der Waals surface area contributed by atoms with Crippen LogP contribution >= 0.6 is 11.6 Å². The minimum Gasteiger partial charge on any atom is -0.508 e. The van der Waals surface area contributed by atoms with E-state index in [0.717, 1.165) is 16.6 Å². The maximum atomic E-state index is 9.42. The molecule has 3 aromatic rings. The van der Waals surface area contributed by atoms with Gasteiger partial charge in [-0.25, -0.2) is 4.98 Å². The number of benzene rings is 2. The van der Waals surface area contributed by atoms with Gasteiger partial charge >= 0.3 is 0 Å². The predicted molar refractivity (Wildman–Crippen MR) is 72.6 cm³/mol. The maximum Gasteiger partial charge on any atom is 0.140 e. The summed E-state index contributed by atoms with van der Waals surface area (Å²) in [5, 5.41) is 10.0. The van der Waals surface area contributed by atoms with Crippen molar-refractivity contribution in [2.24, 2.45) is 0 Å². The molecule has 4 N–H and O–H groups in total. The first-order valence-corrected chi connectivity index (χ1v) is 5.75. The molecule has 0 fully saturated rings. The number of hydrogen-bond donors (Lipinski definition) is 3. The molecule has 18 heavy (non-hydrogen) atoms. The van der Waals surface area contributed by atoms with Crippen LogP contribution in [-0.2, 0) is 0 Å². The fourth-order valence-corrected chi connectivity index (χ4v) is 2.03. The molecular formula is C13H10ClN3O. The Kier molecular flexibility index (Phi) is 2.38. The first-order valence-electron chi connectivity index (χ1n) is 5.37. The van der Waals surface area contributed by atoms with Gasteiger partial charge in [-0.3, -0.25) is 0 Å². The zero-order valence-electron chi connectivity index (χ0n) is 9.31. The quantitative estimate of drug-likeness (QED) is 0.588. The molecule has 0 aliphatic rings. The van der Waals surface area contributed by atoms with E-state index in [1.54, 1.807) is 36.4 Å². The van der Waals surface area contributed by atoms with Gasteiger partial charge in [0, 0.05) is 22.3 Å². The van der Waals surface area contributed by atoms with Gasteiger partial charge in [0.15, 0.2) is 0 Å². The number of imidazole rings is 1. The summed E-state index contributed by atoms with van der Waals surface area (Å²) in [4.78, 5) is 7.53. The van der Waals surface area contributed by atoms with Crippen molar-refractivity contribution in [1.29, 1.82) is 0 Å². The molecule has 90 valence electrons. The molecule has 0 radical (unpaired) electrons. The van der Waals surface area contributed by atoms with Crippen LogP contribution in [-0.4, -0.2) is 15.1 Å². The van der Waals surface area contributed by atoms with Crippen molar-refractivity contribution < 1.29 is 5.11 Å². The Morgan fingerprint density at radius 2 is 2.00 bits per heavy atom. The van der Waals surface area contributed by atoms with E-state index in [-0.39, 0.29) is 5.75 Å². The van der Waals surface area contributed by atoms with Crippen molar-refractivity contribution >= 4 is 28.3 Å². The van der Waals surface area contributed by atoms with Crippen LogP contribution in [0.15, 0.2) is 36.4 Å². The number of nitrogens with zero attached hydrogens (tertiary/aromatic N) is 1. The van der Waals surface area contributed by atoms with Gasteiger partial charge in [0.1, 0.15) is 11.6 Å². The van der Waals surface area contributed by atoms with E-state index in [9.17, 15) is 5.11 Å². The Hall–Kier alpha value is -2.20. The van der Waals surface area contributed by atoms with Crippen LogP contribution in [0.25, 0.3) is 22.4 Å². The zero-order chi connectivity index (χ0) is 12.7. The molecule has 0 aliphatic heterocycles. The van der Waals surface area contributed by atoms with Crippen LogP contribution < -0.4 is 5.73 Å². The molecule has 0 saturated carbocycles. The number of phenols is 1. The van der Waals surface area contributed by atoms with Gasteiger partial charge in [-0.1, -0.05) is 11.6 Å². The van der Waals surface area contributed by atoms with Crippen molar-refractivity contribution in [1.82, 2.24) is 9.97 Å². The molecule has 3 rings (SSSR count). The molecule has 1 aromatic heterocycles. The lowest BCUT2D eigenvalue weighted by Gasteiger charge is -2.02. The van der Waals surface area contributed by atoms with E-state index in [2.05, 4.69) is 9.97 Å². The number of fused-ring (bicyclic) bond motifs is 1. The number of nitrogens with one attached hydrogen (secondary N) is 1. The number of nitrogens with two attached hydrogens (primary N) is 1. The number of H-pyrrole nitrogens is 1. The fraction of sp³-hybridized carbons (Fsp3) is 0. The molecule has 0 bridgehead atoms. The van der Waals surface area contributed by atoms with Crippen LogP contribution in [0.3, 0.4) is 0 Å². The van der Waals surface area contributed by atoms with E-state index < -0.39 is 0 Å². The van der Waals surface area contributed by atoms with Crippen molar-refractivity contribution in [3.05, 3.63) is 41.4 Å². The van der Waals surface area contributed by atoms with E-state index in [1.807, 2.05) is 0 Å². The first kappa shape index (κ1) is 10.9. The van der Waals surface area contributed by atoms with Gasteiger partial charge in [-0.2, -0.15) is 0 Å². The van der Waals surface area contributed by atoms with E-state index in [4.69, 9.17) is 17.3 Å². The molecule has 0 atom stereocenters. The lowest BCUT2D eigenvalue weighted by molar-refractivity contribution is 0.476. The molecule has 0 spiro atoms. The van der Waals surface area contributed by atoms with Crippen LogP contribution in [0, 0.1) is 0 Å². The summed E-state index contributed by atoms with van der Waals surface area (Å²) in [5.41, 5.74) is 8.77. The molecule has 1 heterocycles. The molecule has 0 amide bonds. The molecule has 0 saturated heterocycles. The van der Waals surface area contributed by atoms with E-state index >= 15 is 0 Å². The SMILES string of the molecule is Nc1ccc(Cl)cc1-c1nc2ccc(O)cc2[nH]1. The standard InChI is InChI=1S/C13H10ClN3O/c14-7-1-3-10(15)9(5-7)13-16-11-4-2-8(18)6-12(11)17-13/h1-6,18H,15H2,(H,16,17). The third-order valence-electron chi connectivity index (χ3n) is 2.74. The van der Waals surface area contributed by atoms with Gasteiger partial charge in [0.05, 0.1) is 11.0 Å². The summed E-state index contributed by atoms with van der Waals surface area (Å²) in [6.07, 6.45) is 0. The number of rotatable bonds is 1. The second-order valence-corrected chi connectivity index (χ2v) is 4.45. The largest absolute Gasteiger partial charge is 0.508 e. The van der Waals surface area contributed by atoms with E-state index in [1.165, 1.54) is 0 Å². The number of hydrogen-bond acceptors (Lipinski definition) is 3. The number of anilines is 1. The average Bonchev–Trinajstić information content (AvgIpc) is 2.74. The van der Waals surface area contributed by atoms with E-state index in [0.29, 0.717) is 16.5 Å². The van der Waals surface area contributed by atoms with Crippen molar-refractivity contribution in [2.75, 3.05) is 5.73 Å². The summed E-state index contributed by atoms with van der Waals surface area (Å²) >= 11 is 5.95. The van der Waals surface area contributed by atoms with Gasteiger partial charge in [-0.15, -0.1) is 0 Å². The minimum absolute atomic E-state index is 0.191. The Labute approximate surface area is 108 Å². The predicted octanol–water partition coefficient (Wildman–Crippen LogP) is 3.17. The van der Waals surface area contributed by atoms with Crippen molar-refractivity contribution in [3.8, 4) is 17.1 Å². The summed E-state index contributed by atoms with van der Waals surface area (Å²) in [6, 6.07) is 10.2. The Morgan fingerprint density at radius 1 is 1.17 bits per heavy atom. The zero-order valence-corrected chi connectivity index (χ0v) is 10.1. The Balaban J connectivity index is 2.22. The molecule has 0 aliphatic carbocycles. The third-order valence-corrected chi connectivity index (χ3v) is 2.97. The average molecular weight is 260 g/mol. The topological polar surface area (TPSA) is 74.9 Å². The number of aromatic nitrogens is 2. The minimum atomic E-state index is 0.191. The number of aromatic hydroxyl groups is 1. The highest BCUT2D eigenvalue weighted by Crippen LogP contribution is 2.29. The van der Waals surface area contributed by atoms with Crippen molar-refractivity contribution in [2.45, 2.75) is 0 Å². The Bertz CT molecular complexity index is 736. The summed E-state index contributed by atoms with van der Waals surface area (Å²) < 4.78 is 0. The Morgan fingerprint density at radius 3 is 2.83 bits per heavy atom. The third kappa shape index (κ3) is 1.76. The molecule has 5 heteroatoms. The lowest BCUT2D eigenvalue weighted by atomic mass is 10.2. The second kappa shape index (κ2) is 3.92. The number of phenolic OH excluding ortho intramolecular Hbond substituents is 1. The van der Waals surface area contributed by atoms with Crippen molar-refractivity contribution in [3.63, 3.8) is 0 Å². The normalized spacial score (nSPS) is 10.9. The highest BCUT2D eigenvalue weighted by molar-refractivity contribution is 6.31. The monoisotopic (exact) mass is 259 g/mol. The molecule has 0 unspecified atom stereocenters. The number of aromatic amines is 1. The highest BCUT2D eigenvalue weighted by atomic mass is 35.5. The fourth-order valence-electron chi connectivity index (χ4n) is 1.86. The maximum absolute atomic E-state index is 9.42. The van der Waals surface area contributed by atoms with Crippen LogP contribution in [0.1, 0.15) is 0 Å². The second-order valence-electron chi connectivity index (χ2n) is 4.02. The van der Waals surface area contributed by atoms with Gasteiger partial charge in [0.2, 0.25) is 0 Å².